The number of nitrogens with one attached hydrogen (secondary N) is 2. The SMILES string of the molecule is CCS(=O)(=O)NCCN1CCO[C@@H](c2nc(C(C)C)n[nH]2)C1. The van der Waals surface area contributed by atoms with E-state index in [4.69, 9.17) is 4.74 Å². The zero-order valence-electron chi connectivity index (χ0n) is 13.4. The molecular weight excluding hydrogens is 306 g/mol. The smallest absolute Gasteiger partial charge is 0.211 e. The Labute approximate surface area is 131 Å². The van der Waals surface area contributed by atoms with Crippen molar-refractivity contribution in [2.24, 2.45) is 0 Å². The van der Waals surface area contributed by atoms with E-state index in [9.17, 15) is 8.42 Å². The quantitative estimate of drug-likeness (QED) is 0.742. The molecule has 22 heavy (non-hydrogen) atoms. The molecule has 0 unspecified atom stereocenters. The van der Waals surface area contributed by atoms with Crippen LogP contribution in [0.3, 0.4) is 0 Å². The Bertz CT molecular complexity index is 572. The highest BCUT2D eigenvalue weighted by atomic mass is 32.2. The van der Waals surface area contributed by atoms with Crippen LogP contribution in [0, 0.1) is 0 Å². The van der Waals surface area contributed by atoms with Crippen molar-refractivity contribution in [3.05, 3.63) is 11.6 Å². The third-order valence-corrected chi connectivity index (χ3v) is 5.03. The summed E-state index contributed by atoms with van der Waals surface area (Å²) in [7, 11) is -3.13. The van der Waals surface area contributed by atoms with Crippen molar-refractivity contribution in [1.29, 1.82) is 0 Å². The molecule has 1 fully saturated rings. The fourth-order valence-electron chi connectivity index (χ4n) is 2.22. The van der Waals surface area contributed by atoms with E-state index in [0.717, 1.165) is 18.2 Å². The predicted molar refractivity (Wildman–Crippen MR) is 83.1 cm³/mol. The molecule has 1 aromatic heterocycles. The van der Waals surface area contributed by atoms with Gasteiger partial charge in [-0.05, 0) is 6.92 Å². The molecule has 0 saturated carbocycles. The summed E-state index contributed by atoms with van der Waals surface area (Å²) in [6, 6.07) is 0. The Morgan fingerprint density at radius 2 is 2.27 bits per heavy atom. The number of H-pyrrole nitrogens is 1. The first-order valence-electron chi connectivity index (χ1n) is 7.64. The van der Waals surface area contributed by atoms with E-state index in [1.165, 1.54) is 0 Å². The van der Waals surface area contributed by atoms with E-state index in [1.807, 2.05) is 13.8 Å². The molecule has 0 aliphatic carbocycles. The monoisotopic (exact) mass is 331 g/mol. The van der Waals surface area contributed by atoms with Gasteiger partial charge < -0.3 is 4.74 Å². The zero-order valence-corrected chi connectivity index (χ0v) is 14.2. The lowest BCUT2D eigenvalue weighted by molar-refractivity contribution is -0.0333. The van der Waals surface area contributed by atoms with Crippen molar-refractivity contribution in [3.8, 4) is 0 Å². The molecule has 1 aromatic rings. The summed E-state index contributed by atoms with van der Waals surface area (Å²) in [4.78, 5) is 6.64. The Hall–Kier alpha value is -1.03. The van der Waals surface area contributed by atoms with Gasteiger partial charge in [-0.15, -0.1) is 0 Å². The van der Waals surface area contributed by atoms with Gasteiger partial charge in [0.15, 0.2) is 11.6 Å². The van der Waals surface area contributed by atoms with E-state index in [1.54, 1.807) is 6.92 Å². The van der Waals surface area contributed by atoms with E-state index in [2.05, 4.69) is 24.8 Å². The van der Waals surface area contributed by atoms with Gasteiger partial charge in [0.2, 0.25) is 10.0 Å². The summed E-state index contributed by atoms with van der Waals surface area (Å²) in [5, 5.41) is 7.14. The third kappa shape index (κ3) is 4.73. The molecule has 1 aliphatic rings. The zero-order chi connectivity index (χ0) is 16.2. The molecule has 1 atom stereocenters. The van der Waals surface area contributed by atoms with Gasteiger partial charge in [-0.25, -0.2) is 18.1 Å². The van der Waals surface area contributed by atoms with Gasteiger partial charge in [0, 0.05) is 32.1 Å². The van der Waals surface area contributed by atoms with Crippen molar-refractivity contribution in [2.45, 2.75) is 32.8 Å². The molecule has 9 heteroatoms. The number of aromatic nitrogens is 3. The van der Waals surface area contributed by atoms with Crippen molar-refractivity contribution in [3.63, 3.8) is 0 Å². The van der Waals surface area contributed by atoms with Gasteiger partial charge in [0.1, 0.15) is 6.10 Å². The van der Waals surface area contributed by atoms with Gasteiger partial charge in [0.05, 0.1) is 12.4 Å². The maximum atomic E-state index is 11.4. The Morgan fingerprint density at radius 3 is 2.91 bits per heavy atom. The first-order valence-corrected chi connectivity index (χ1v) is 9.30. The fraction of sp³-hybridized carbons (Fsp3) is 0.846. The summed E-state index contributed by atoms with van der Waals surface area (Å²) in [6.45, 7) is 8.85. The molecule has 8 nitrogen and oxygen atoms in total. The summed E-state index contributed by atoms with van der Waals surface area (Å²) in [5.74, 6) is 1.90. The summed E-state index contributed by atoms with van der Waals surface area (Å²) >= 11 is 0. The number of sulfonamides is 1. The minimum atomic E-state index is -3.13. The minimum absolute atomic E-state index is 0.106. The molecule has 1 aliphatic heterocycles. The molecule has 1 saturated heterocycles. The molecular formula is C13H25N5O3S. The molecule has 2 rings (SSSR count). The van der Waals surface area contributed by atoms with Gasteiger partial charge in [-0.2, -0.15) is 5.10 Å². The molecule has 0 spiro atoms. The van der Waals surface area contributed by atoms with Crippen LogP contribution in [0.1, 0.15) is 44.4 Å². The molecule has 0 bridgehead atoms. The van der Waals surface area contributed by atoms with Crippen LogP contribution in [-0.4, -0.2) is 67.0 Å². The highest BCUT2D eigenvalue weighted by Crippen LogP contribution is 2.20. The van der Waals surface area contributed by atoms with Crippen LogP contribution < -0.4 is 4.72 Å². The van der Waals surface area contributed by atoms with Crippen LogP contribution in [-0.2, 0) is 14.8 Å². The van der Waals surface area contributed by atoms with Crippen LogP contribution in [0.15, 0.2) is 0 Å². The Balaban J connectivity index is 1.86. The maximum Gasteiger partial charge on any atom is 0.211 e. The lowest BCUT2D eigenvalue weighted by atomic mass is 10.2. The average molecular weight is 331 g/mol. The maximum absolute atomic E-state index is 11.4. The molecule has 126 valence electrons. The number of aromatic amines is 1. The van der Waals surface area contributed by atoms with E-state index >= 15 is 0 Å². The topological polar surface area (TPSA) is 100 Å². The average Bonchev–Trinajstić information content (AvgIpc) is 2.97. The number of ether oxygens (including phenoxy) is 1. The lowest BCUT2D eigenvalue weighted by Crippen LogP contribution is -2.43. The van der Waals surface area contributed by atoms with Gasteiger partial charge in [-0.1, -0.05) is 13.8 Å². The molecule has 2 heterocycles. The molecule has 0 amide bonds. The summed E-state index contributed by atoms with van der Waals surface area (Å²) in [5.41, 5.74) is 0. The largest absolute Gasteiger partial charge is 0.368 e. The number of nitrogens with zero attached hydrogens (tertiary/aromatic N) is 3. The molecule has 2 N–H and O–H groups in total. The van der Waals surface area contributed by atoms with Crippen LogP contribution in [0.5, 0.6) is 0 Å². The number of morpholine rings is 1. The molecule has 0 aromatic carbocycles. The number of rotatable bonds is 7. The molecule has 0 radical (unpaired) electrons. The van der Waals surface area contributed by atoms with Crippen molar-refractivity contribution in [2.75, 3.05) is 38.5 Å². The van der Waals surface area contributed by atoms with E-state index < -0.39 is 10.0 Å². The van der Waals surface area contributed by atoms with Crippen molar-refractivity contribution < 1.29 is 13.2 Å². The minimum Gasteiger partial charge on any atom is -0.368 e. The van der Waals surface area contributed by atoms with Crippen LogP contribution in [0.4, 0.5) is 0 Å². The highest BCUT2D eigenvalue weighted by molar-refractivity contribution is 7.89. The van der Waals surface area contributed by atoms with Gasteiger partial charge in [-0.3, -0.25) is 10.00 Å². The summed E-state index contributed by atoms with van der Waals surface area (Å²) < 4.78 is 31.2. The standard InChI is InChI=1S/C13H25N5O3S/c1-4-22(19,20)14-5-6-18-7-8-21-11(9-18)13-15-12(10(2)3)16-17-13/h10-11,14H,4-9H2,1-3H3,(H,15,16,17)/t11-/m1/s1. The van der Waals surface area contributed by atoms with Crippen LogP contribution in [0.25, 0.3) is 0 Å². The van der Waals surface area contributed by atoms with Crippen LogP contribution >= 0.6 is 0 Å². The Morgan fingerprint density at radius 1 is 1.50 bits per heavy atom. The second kappa shape index (κ2) is 7.49. The van der Waals surface area contributed by atoms with Crippen molar-refractivity contribution >= 4 is 10.0 Å². The Kier molecular flexibility index (Phi) is 5.90. The lowest BCUT2D eigenvalue weighted by Gasteiger charge is -2.31. The number of hydrogen-bond donors (Lipinski definition) is 2. The van der Waals surface area contributed by atoms with Crippen molar-refractivity contribution in [1.82, 2.24) is 24.8 Å². The third-order valence-electron chi connectivity index (χ3n) is 3.62. The van der Waals surface area contributed by atoms with Crippen LogP contribution in [0.2, 0.25) is 0 Å². The first kappa shape index (κ1) is 17.3. The highest BCUT2D eigenvalue weighted by Gasteiger charge is 2.25. The summed E-state index contributed by atoms with van der Waals surface area (Å²) in [6.07, 6.45) is -0.142. The fourth-order valence-corrected chi connectivity index (χ4v) is 2.83. The second-order valence-electron chi connectivity index (χ2n) is 5.69. The van der Waals surface area contributed by atoms with Gasteiger partial charge in [0.25, 0.3) is 0 Å². The van der Waals surface area contributed by atoms with E-state index in [-0.39, 0.29) is 17.8 Å². The second-order valence-corrected chi connectivity index (χ2v) is 7.79. The first-order chi connectivity index (χ1) is 10.4. The number of hydrogen-bond acceptors (Lipinski definition) is 6. The predicted octanol–water partition coefficient (Wildman–Crippen LogP) is 0.241. The normalized spacial score (nSPS) is 20.6. The van der Waals surface area contributed by atoms with Gasteiger partial charge >= 0.3 is 0 Å². The van der Waals surface area contributed by atoms with E-state index in [0.29, 0.717) is 26.2 Å².